The maximum absolute atomic E-state index is 11.8. The molecular formula is C13H18BrNOS. The van der Waals surface area contributed by atoms with Crippen LogP contribution in [0.2, 0.25) is 0 Å². The van der Waals surface area contributed by atoms with Gasteiger partial charge >= 0.3 is 0 Å². The maximum atomic E-state index is 11.8. The lowest BCUT2D eigenvalue weighted by Gasteiger charge is -2.17. The summed E-state index contributed by atoms with van der Waals surface area (Å²) in [7, 11) is 0. The molecule has 0 atom stereocenters. The van der Waals surface area contributed by atoms with E-state index in [2.05, 4.69) is 42.0 Å². The maximum Gasteiger partial charge on any atom is 0.252 e. The first-order valence-electron chi connectivity index (χ1n) is 5.57. The van der Waals surface area contributed by atoms with Crippen LogP contribution in [0.15, 0.2) is 28.7 Å². The smallest absolute Gasteiger partial charge is 0.252 e. The molecule has 1 aromatic carbocycles. The van der Waals surface area contributed by atoms with E-state index in [-0.39, 0.29) is 10.7 Å². The van der Waals surface area contributed by atoms with E-state index in [1.54, 1.807) is 0 Å². The number of amides is 1. The number of halogens is 1. The van der Waals surface area contributed by atoms with Crippen LogP contribution < -0.4 is 5.32 Å². The Kier molecular flexibility index (Phi) is 5.53. The van der Waals surface area contributed by atoms with Crippen molar-refractivity contribution in [2.45, 2.75) is 25.5 Å². The van der Waals surface area contributed by atoms with E-state index >= 15 is 0 Å². The van der Waals surface area contributed by atoms with Crippen molar-refractivity contribution in [1.82, 2.24) is 5.32 Å². The second-order valence-corrected chi connectivity index (χ2v) is 7.47. The molecule has 0 bridgehead atoms. The number of hydrogen-bond donors (Lipinski definition) is 1. The Labute approximate surface area is 116 Å². The Morgan fingerprint density at radius 1 is 1.35 bits per heavy atom. The fourth-order valence-corrected chi connectivity index (χ4v) is 2.54. The molecular weight excluding hydrogens is 298 g/mol. The van der Waals surface area contributed by atoms with Crippen molar-refractivity contribution >= 4 is 33.6 Å². The predicted octanol–water partition coefficient (Wildman–Crippen LogP) is 3.71. The van der Waals surface area contributed by atoms with Gasteiger partial charge in [0, 0.05) is 21.5 Å². The van der Waals surface area contributed by atoms with Crippen molar-refractivity contribution < 1.29 is 4.79 Å². The van der Waals surface area contributed by atoms with E-state index < -0.39 is 0 Å². The number of hydrogen-bond acceptors (Lipinski definition) is 2. The van der Waals surface area contributed by atoms with Crippen LogP contribution in [-0.2, 0) is 0 Å². The van der Waals surface area contributed by atoms with E-state index in [1.165, 1.54) is 0 Å². The van der Waals surface area contributed by atoms with Crippen molar-refractivity contribution in [2.75, 3.05) is 12.3 Å². The van der Waals surface area contributed by atoms with Gasteiger partial charge in [-0.3, -0.25) is 4.79 Å². The fourth-order valence-electron chi connectivity index (χ4n) is 1.26. The van der Waals surface area contributed by atoms with Gasteiger partial charge in [0.15, 0.2) is 0 Å². The molecule has 0 aliphatic heterocycles. The zero-order chi connectivity index (χ0) is 12.9. The molecule has 0 radical (unpaired) electrons. The van der Waals surface area contributed by atoms with Crippen LogP contribution in [0.5, 0.6) is 0 Å². The van der Waals surface area contributed by atoms with Gasteiger partial charge in [0.1, 0.15) is 0 Å². The van der Waals surface area contributed by atoms with Crippen molar-refractivity contribution in [3.05, 3.63) is 34.3 Å². The summed E-state index contributed by atoms with van der Waals surface area (Å²) in [4.78, 5) is 11.8. The topological polar surface area (TPSA) is 29.1 Å². The molecule has 17 heavy (non-hydrogen) atoms. The number of thioether (sulfide) groups is 1. The number of carbonyl (C=O) groups excluding carboxylic acids is 1. The Hall–Kier alpha value is -0.480. The van der Waals surface area contributed by atoms with Gasteiger partial charge in [0.05, 0.1) is 5.56 Å². The third-order valence-corrected chi connectivity index (χ3v) is 4.01. The van der Waals surface area contributed by atoms with Crippen molar-refractivity contribution in [1.29, 1.82) is 0 Å². The molecule has 0 fully saturated rings. The van der Waals surface area contributed by atoms with Gasteiger partial charge in [0.25, 0.3) is 5.91 Å². The molecule has 0 saturated heterocycles. The molecule has 1 aromatic rings. The van der Waals surface area contributed by atoms with Crippen molar-refractivity contribution in [3.63, 3.8) is 0 Å². The second-order valence-electron chi connectivity index (χ2n) is 4.70. The molecule has 0 heterocycles. The molecule has 0 spiro atoms. The first-order valence-corrected chi connectivity index (χ1v) is 7.35. The Morgan fingerprint density at radius 3 is 2.59 bits per heavy atom. The predicted molar refractivity (Wildman–Crippen MR) is 78.7 cm³/mol. The summed E-state index contributed by atoms with van der Waals surface area (Å²) in [6.45, 7) is 7.22. The molecule has 1 rings (SSSR count). The largest absolute Gasteiger partial charge is 0.351 e. The molecule has 0 aliphatic rings. The van der Waals surface area contributed by atoms with Gasteiger partial charge in [-0.1, -0.05) is 32.9 Å². The third kappa shape index (κ3) is 5.59. The summed E-state index contributed by atoms with van der Waals surface area (Å²) < 4.78 is 1.08. The van der Waals surface area contributed by atoms with Crippen LogP contribution in [-0.4, -0.2) is 23.0 Å². The summed E-state index contributed by atoms with van der Waals surface area (Å²) in [5.41, 5.74) is 0.688. The Bertz CT molecular complexity index is 387. The summed E-state index contributed by atoms with van der Waals surface area (Å²) in [6.07, 6.45) is 0. The highest BCUT2D eigenvalue weighted by atomic mass is 79.9. The second kappa shape index (κ2) is 6.45. The monoisotopic (exact) mass is 315 g/mol. The lowest BCUT2D eigenvalue weighted by molar-refractivity contribution is 0.0955. The first-order chi connectivity index (χ1) is 7.90. The van der Waals surface area contributed by atoms with Gasteiger partial charge in [-0.2, -0.15) is 11.8 Å². The van der Waals surface area contributed by atoms with Gasteiger partial charge in [-0.05, 0) is 28.1 Å². The molecule has 94 valence electrons. The average Bonchev–Trinajstić information content (AvgIpc) is 2.23. The van der Waals surface area contributed by atoms with Gasteiger partial charge in [-0.25, -0.2) is 0 Å². The molecule has 1 N–H and O–H groups in total. The summed E-state index contributed by atoms with van der Waals surface area (Å²) in [6, 6.07) is 7.45. The van der Waals surface area contributed by atoms with Crippen LogP contribution in [0.4, 0.5) is 0 Å². The average molecular weight is 316 g/mol. The van der Waals surface area contributed by atoms with Gasteiger partial charge in [-0.15, -0.1) is 0 Å². The van der Waals surface area contributed by atoms with E-state index in [4.69, 9.17) is 0 Å². The molecule has 4 heteroatoms. The fraction of sp³-hybridized carbons (Fsp3) is 0.462. The van der Waals surface area contributed by atoms with Crippen LogP contribution in [0.25, 0.3) is 0 Å². The highest BCUT2D eigenvalue weighted by Gasteiger charge is 2.11. The summed E-state index contributed by atoms with van der Waals surface area (Å²) in [5.74, 6) is 0.909. The minimum absolute atomic E-state index is 0.0213. The summed E-state index contributed by atoms with van der Waals surface area (Å²) in [5, 5.41) is 2.92. The summed E-state index contributed by atoms with van der Waals surface area (Å²) >= 11 is 5.22. The third-order valence-electron chi connectivity index (χ3n) is 2.04. The van der Waals surface area contributed by atoms with Gasteiger partial charge < -0.3 is 5.32 Å². The number of benzene rings is 1. The molecule has 0 aliphatic carbocycles. The van der Waals surface area contributed by atoms with Crippen LogP contribution in [0.1, 0.15) is 31.1 Å². The number of carbonyl (C=O) groups is 1. The molecule has 0 saturated carbocycles. The van der Waals surface area contributed by atoms with Crippen molar-refractivity contribution in [2.24, 2.45) is 0 Å². The van der Waals surface area contributed by atoms with E-state index in [0.29, 0.717) is 12.1 Å². The highest BCUT2D eigenvalue weighted by Crippen LogP contribution is 2.22. The zero-order valence-electron chi connectivity index (χ0n) is 10.4. The molecule has 1 amide bonds. The molecule has 0 aromatic heterocycles. The highest BCUT2D eigenvalue weighted by molar-refractivity contribution is 9.10. The first kappa shape index (κ1) is 14.6. The molecule has 0 unspecified atom stereocenters. The van der Waals surface area contributed by atoms with Crippen LogP contribution >= 0.6 is 27.7 Å². The minimum Gasteiger partial charge on any atom is -0.351 e. The lowest BCUT2D eigenvalue weighted by Crippen LogP contribution is -2.27. The molecule has 2 nitrogen and oxygen atoms in total. The van der Waals surface area contributed by atoms with Gasteiger partial charge in [0.2, 0.25) is 0 Å². The quantitative estimate of drug-likeness (QED) is 0.858. The van der Waals surface area contributed by atoms with E-state index in [0.717, 1.165) is 10.2 Å². The Morgan fingerprint density at radius 2 is 2.00 bits per heavy atom. The SMILES string of the molecule is CC(C)(C)SCCNC(=O)c1ccccc1Br. The van der Waals surface area contributed by atoms with E-state index in [9.17, 15) is 4.79 Å². The number of nitrogens with one attached hydrogen (secondary N) is 1. The number of rotatable bonds is 4. The van der Waals surface area contributed by atoms with Crippen molar-refractivity contribution in [3.8, 4) is 0 Å². The lowest BCUT2D eigenvalue weighted by atomic mass is 10.2. The Balaban J connectivity index is 2.39. The van der Waals surface area contributed by atoms with Crippen LogP contribution in [0, 0.1) is 0 Å². The minimum atomic E-state index is -0.0213. The standard InChI is InChI=1S/C13H18BrNOS/c1-13(2,3)17-9-8-15-12(16)10-6-4-5-7-11(10)14/h4-7H,8-9H2,1-3H3,(H,15,16). The van der Waals surface area contributed by atoms with Crippen LogP contribution in [0.3, 0.4) is 0 Å². The normalized spacial score (nSPS) is 11.3. The zero-order valence-corrected chi connectivity index (χ0v) is 12.8. The van der Waals surface area contributed by atoms with E-state index in [1.807, 2.05) is 36.0 Å².